The standard InChI is InChI=1S/C9H18NO2P/c1-2-3-8-4-6-9(7-5-8)13(12)10-11/h8-9,12H,2-7H2,1H3. The van der Waals surface area contributed by atoms with E-state index in [1.807, 2.05) is 0 Å². The van der Waals surface area contributed by atoms with E-state index in [9.17, 15) is 9.80 Å². The molecule has 0 heterocycles. The van der Waals surface area contributed by atoms with Gasteiger partial charge in [-0.3, -0.25) is 0 Å². The number of hydrogen-bond acceptors (Lipinski definition) is 3. The van der Waals surface area contributed by atoms with Crippen molar-refractivity contribution in [2.45, 2.75) is 51.1 Å². The first-order valence-corrected chi connectivity index (χ1v) is 6.41. The van der Waals surface area contributed by atoms with Gasteiger partial charge in [0.2, 0.25) is 8.30 Å². The van der Waals surface area contributed by atoms with Gasteiger partial charge in [-0.05, 0) is 36.5 Å². The number of nitroso groups, excluding NO2 is 1. The van der Waals surface area contributed by atoms with Crippen LogP contribution in [0.1, 0.15) is 45.4 Å². The van der Waals surface area contributed by atoms with Crippen molar-refractivity contribution in [3.8, 4) is 0 Å². The Balaban J connectivity index is 2.26. The maximum Gasteiger partial charge on any atom is 0.201 e. The van der Waals surface area contributed by atoms with Crippen molar-refractivity contribution in [3.63, 3.8) is 0 Å². The summed E-state index contributed by atoms with van der Waals surface area (Å²) < 4.78 is 0. The molecule has 0 radical (unpaired) electrons. The highest BCUT2D eigenvalue weighted by Crippen LogP contribution is 2.46. The van der Waals surface area contributed by atoms with Crippen molar-refractivity contribution < 1.29 is 4.89 Å². The fourth-order valence-corrected chi connectivity index (χ4v) is 3.03. The fourth-order valence-electron chi connectivity index (χ4n) is 2.14. The van der Waals surface area contributed by atoms with E-state index in [1.165, 1.54) is 25.7 Å². The second kappa shape index (κ2) is 5.66. The maximum atomic E-state index is 10.1. The van der Waals surface area contributed by atoms with Crippen LogP contribution >= 0.6 is 8.30 Å². The van der Waals surface area contributed by atoms with Gasteiger partial charge in [0.15, 0.2) is 0 Å². The topological polar surface area (TPSA) is 49.7 Å². The van der Waals surface area contributed by atoms with Gasteiger partial charge in [0.25, 0.3) is 0 Å². The fraction of sp³-hybridized carbons (Fsp3) is 1.00. The lowest BCUT2D eigenvalue weighted by molar-refractivity contribution is 0.335. The average molecular weight is 203 g/mol. The Morgan fingerprint density at radius 1 is 1.38 bits per heavy atom. The van der Waals surface area contributed by atoms with E-state index in [4.69, 9.17) is 0 Å². The van der Waals surface area contributed by atoms with Gasteiger partial charge in [0.05, 0.1) is 0 Å². The van der Waals surface area contributed by atoms with Crippen LogP contribution in [0.3, 0.4) is 0 Å². The summed E-state index contributed by atoms with van der Waals surface area (Å²) in [6.07, 6.45) is 6.89. The molecule has 0 bridgehead atoms. The van der Waals surface area contributed by atoms with Gasteiger partial charge in [0.1, 0.15) is 0 Å². The molecular weight excluding hydrogens is 185 g/mol. The smallest absolute Gasteiger partial charge is 0.201 e. The predicted octanol–water partition coefficient (Wildman–Crippen LogP) is 3.42. The molecule has 0 aliphatic heterocycles. The quantitative estimate of drug-likeness (QED) is 0.562. The van der Waals surface area contributed by atoms with Crippen LogP contribution in [0.25, 0.3) is 0 Å². The molecule has 1 N–H and O–H groups in total. The molecule has 1 atom stereocenters. The van der Waals surface area contributed by atoms with E-state index in [1.54, 1.807) is 0 Å². The summed E-state index contributed by atoms with van der Waals surface area (Å²) in [5, 5.41) is 0. The number of nitrogens with zero attached hydrogens (tertiary/aromatic N) is 1. The highest BCUT2D eigenvalue weighted by molar-refractivity contribution is 7.50. The van der Waals surface area contributed by atoms with Crippen LogP contribution in [0, 0.1) is 10.8 Å². The molecule has 13 heavy (non-hydrogen) atoms. The van der Waals surface area contributed by atoms with E-state index in [0.717, 1.165) is 18.8 Å². The van der Waals surface area contributed by atoms with Crippen LogP contribution in [0.4, 0.5) is 0 Å². The second-order valence-corrected chi connectivity index (χ2v) is 5.40. The van der Waals surface area contributed by atoms with Crippen molar-refractivity contribution in [2.24, 2.45) is 10.9 Å². The minimum absolute atomic E-state index is 0.195. The van der Waals surface area contributed by atoms with Crippen molar-refractivity contribution in [1.82, 2.24) is 0 Å². The van der Waals surface area contributed by atoms with Crippen LogP contribution in [0.2, 0.25) is 0 Å². The minimum atomic E-state index is -1.56. The molecule has 1 fully saturated rings. The summed E-state index contributed by atoms with van der Waals surface area (Å²) in [6.45, 7) is 2.21. The summed E-state index contributed by atoms with van der Waals surface area (Å²) in [7, 11) is -1.56. The molecule has 0 amide bonds. The molecule has 0 aromatic rings. The molecule has 0 aromatic heterocycles. The summed E-state index contributed by atoms with van der Waals surface area (Å²) in [5.41, 5.74) is 0.195. The lowest BCUT2D eigenvalue weighted by atomic mass is 9.86. The van der Waals surface area contributed by atoms with Crippen molar-refractivity contribution in [1.29, 1.82) is 0 Å². The van der Waals surface area contributed by atoms with Crippen LogP contribution in [-0.2, 0) is 0 Å². The van der Waals surface area contributed by atoms with E-state index < -0.39 is 8.30 Å². The molecule has 3 nitrogen and oxygen atoms in total. The average Bonchev–Trinajstić information content (AvgIpc) is 2.18. The van der Waals surface area contributed by atoms with Crippen LogP contribution in [0.5, 0.6) is 0 Å². The molecule has 1 aliphatic rings. The van der Waals surface area contributed by atoms with Crippen molar-refractivity contribution in [2.75, 3.05) is 0 Å². The van der Waals surface area contributed by atoms with E-state index in [2.05, 4.69) is 11.9 Å². The lowest BCUT2D eigenvalue weighted by Crippen LogP contribution is -2.16. The van der Waals surface area contributed by atoms with E-state index in [0.29, 0.717) is 0 Å². The van der Waals surface area contributed by atoms with Gasteiger partial charge in [0, 0.05) is 5.66 Å². The Morgan fingerprint density at radius 2 is 2.00 bits per heavy atom. The largest absolute Gasteiger partial charge is 0.351 e. The third-order valence-electron chi connectivity index (χ3n) is 2.92. The van der Waals surface area contributed by atoms with Crippen molar-refractivity contribution >= 4 is 8.30 Å². The van der Waals surface area contributed by atoms with Gasteiger partial charge >= 0.3 is 0 Å². The molecule has 1 rings (SSSR count). The summed E-state index contributed by atoms with van der Waals surface area (Å²) in [6, 6.07) is 0. The second-order valence-electron chi connectivity index (χ2n) is 3.87. The molecule has 1 saturated carbocycles. The summed E-state index contributed by atoms with van der Waals surface area (Å²) in [4.78, 5) is 22.2. The summed E-state index contributed by atoms with van der Waals surface area (Å²) >= 11 is 0. The van der Waals surface area contributed by atoms with Gasteiger partial charge in [-0.15, -0.1) is 4.91 Å². The van der Waals surface area contributed by atoms with Crippen LogP contribution in [0.15, 0.2) is 4.95 Å². The zero-order valence-corrected chi connectivity index (χ0v) is 9.04. The predicted molar refractivity (Wildman–Crippen MR) is 55.6 cm³/mol. The maximum absolute atomic E-state index is 10.1. The lowest BCUT2D eigenvalue weighted by Gasteiger charge is -2.27. The Labute approximate surface area is 80.8 Å². The molecule has 4 heteroatoms. The third-order valence-corrected chi connectivity index (χ3v) is 4.26. The molecule has 1 aliphatic carbocycles. The molecule has 0 aromatic carbocycles. The molecule has 1 unspecified atom stereocenters. The van der Waals surface area contributed by atoms with Crippen LogP contribution in [-0.4, -0.2) is 10.6 Å². The highest BCUT2D eigenvalue weighted by atomic mass is 31.2. The van der Waals surface area contributed by atoms with E-state index >= 15 is 0 Å². The van der Waals surface area contributed by atoms with Crippen molar-refractivity contribution in [3.05, 3.63) is 4.91 Å². The van der Waals surface area contributed by atoms with Gasteiger partial charge in [-0.25, -0.2) is 0 Å². The number of hydrogen-bond donors (Lipinski definition) is 1. The Kier molecular flexibility index (Phi) is 4.82. The first-order chi connectivity index (χ1) is 6.27. The van der Waals surface area contributed by atoms with Gasteiger partial charge in [-0.1, -0.05) is 19.8 Å². The molecule has 0 saturated heterocycles. The zero-order valence-electron chi connectivity index (χ0n) is 8.15. The first-order valence-electron chi connectivity index (χ1n) is 5.09. The molecular formula is C9H18NO2P. The zero-order chi connectivity index (χ0) is 9.68. The molecule has 0 spiro atoms. The van der Waals surface area contributed by atoms with Crippen LogP contribution < -0.4 is 0 Å². The Morgan fingerprint density at radius 3 is 2.46 bits per heavy atom. The first kappa shape index (κ1) is 11.1. The van der Waals surface area contributed by atoms with Gasteiger partial charge < -0.3 is 4.89 Å². The molecule has 76 valence electrons. The number of rotatable bonds is 4. The minimum Gasteiger partial charge on any atom is -0.351 e. The Hall–Kier alpha value is -0.0100. The monoisotopic (exact) mass is 203 g/mol. The SMILES string of the molecule is CCCC1CCC(P(O)N=O)CC1. The highest BCUT2D eigenvalue weighted by Gasteiger charge is 2.27. The third kappa shape index (κ3) is 3.32. The Bertz CT molecular complexity index is 158. The summed E-state index contributed by atoms with van der Waals surface area (Å²) in [5.74, 6) is 0.830. The van der Waals surface area contributed by atoms with Gasteiger partial charge in [-0.2, -0.15) is 0 Å². The van der Waals surface area contributed by atoms with E-state index in [-0.39, 0.29) is 5.66 Å². The normalized spacial score (nSPS) is 31.2.